The molecular weight excluding hydrogens is 341 g/mol. The Kier molecular flexibility index (Phi) is 3.92. The minimum Gasteiger partial charge on any atom is -0.277 e. The Morgan fingerprint density at radius 3 is 2.38 bits per heavy atom. The lowest BCUT2D eigenvalue weighted by molar-refractivity contribution is -0.139. The number of nitrogens with zero attached hydrogens (tertiary/aromatic N) is 1. The number of halogens is 3. The lowest BCUT2D eigenvalue weighted by Gasteiger charge is -2.15. The minimum atomic E-state index is -4.78. The summed E-state index contributed by atoms with van der Waals surface area (Å²) in [7, 11) is -4.43. The van der Waals surface area contributed by atoms with Crippen molar-refractivity contribution in [2.24, 2.45) is 0 Å². The van der Waals surface area contributed by atoms with E-state index < -0.39 is 26.7 Å². The number of benzene rings is 2. The van der Waals surface area contributed by atoms with Gasteiger partial charge in [-0.25, -0.2) is 8.42 Å². The van der Waals surface area contributed by atoms with Gasteiger partial charge in [-0.2, -0.15) is 13.2 Å². The summed E-state index contributed by atoms with van der Waals surface area (Å²) in [5, 5.41) is 0.668. The number of nitrogens with one attached hydrogen (secondary N) is 1. The summed E-state index contributed by atoms with van der Waals surface area (Å²) in [5.41, 5.74) is -0.746. The SMILES string of the molecule is O=S(=O)(Nc1cccc2cccnc12)c1ccccc1C(F)(F)F. The van der Waals surface area contributed by atoms with Crippen LogP contribution in [0, 0.1) is 0 Å². The Labute approximate surface area is 136 Å². The van der Waals surface area contributed by atoms with Crippen molar-refractivity contribution in [2.45, 2.75) is 11.1 Å². The van der Waals surface area contributed by atoms with E-state index in [0.717, 1.165) is 18.2 Å². The average molecular weight is 352 g/mol. The summed E-state index contributed by atoms with van der Waals surface area (Å²) in [6.45, 7) is 0. The second-order valence-electron chi connectivity index (χ2n) is 4.98. The zero-order chi connectivity index (χ0) is 17.4. The number of sulfonamides is 1. The smallest absolute Gasteiger partial charge is 0.277 e. The van der Waals surface area contributed by atoms with Gasteiger partial charge in [0.2, 0.25) is 0 Å². The van der Waals surface area contributed by atoms with Crippen LogP contribution < -0.4 is 4.72 Å². The molecule has 8 heteroatoms. The molecule has 1 aromatic heterocycles. The fourth-order valence-corrected chi connectivity index (χ4v) is 3.62. The van der Waals surface area contributed by atoms with Crippen molar-refractivity contribution in [3.8, 4) is 0 Å². The molecule has 1 heterocycles. The lowest BCUT2D eigenvalue weighted by Crippen LogP contribution is -2.19. The molecule has 2 aromatic carbocycles. The summed E-state index contributed by atoms with van der Waals surface area (Å²) in [6.07, 6.45) is -3.30. The highest BCUT2D eigenvalue weighted by molar-refractivity contribution is 7.92. The van der Waals surface area contributed by atoms with E-state index in [-0.39, 0.29) is 5.69 Å². The van der Waals surface area contributed by atoms with Crippen LogP contribution in [0.5, 0.6) is 0 Å². The molecule has 0 unspecified atom stereocenters. The summed E-state index contributed by atoms with van der Waals surface area (Å²) in [4.78, 5) is 3.25. The number of para-hydroxylation sites is 1. The zero-order valence-corrected chi connectivity index (χ0v) is 12.9. The van der Waals surface area contributed by atoms with Gasteiger partial charge in [-0.15, -0.1) is 0 Å². The Bertz CT molecular complexity index is 996. The molecule has 0 aliphatic heterocycles. The number of aromatic nitrogens is 1. The van der Waals surface area contributed by atoms with Gasteiger partial charge in [0.25, 0.3) is 10.0 Å². The van der Waals surface area contributed by atoms with Crippen LogP contribution in [0.2, 0.25) is 0 Å². The quantitative estimate of drug-likeness (QED) is 0.773. The van der Waals surface area contributed by atoms with Crippen LogP contribution in [0.4, 0.5) is 18.9 Å². The Morgan fingerprint density at radius 2 is 1.62 bits per heavy atom. The van der Waals surface area contributed by atoms with Crippen molar-refractivity contribution in [1.29, 1.82) is 0 Å². The van der Waals surface area contributed by atoms with E-state index in [9.17, 15) is 21.6 Å². The van der Waals surface area contributed by atoms with Crippen molar-refractivity contribution in [3.05, 3.63) is 66.4 Å². The first-order valence-corrected chi connectivity index (χ1v) is 8.30. The van der Waals surface area contributed by atoms with Crippen LogP contribution in [0.25, 0.3) is 10.9 Å². The van der Waals surface area contributed by atoms with Crippen LogP contribution >= 0.6 is 0 Å². The molecule has 0 fully saturated rings. The highest BCUT2D eigenvalue weighted by Gasteiger charge is 2.37. The maximum absolute atomic E-state index is 13.1. The molecule has 0 aliphatic carbocycles. The van der Waals surface area contributed by atoms with E-state index in [1.807, 2.05) is 0 Å². The molecular formula is C16H11F3N2O2S. The van der Waals surface area contributed by atoms with Gasteiger partial charge < -0.3 is 0 Å². The van der Waals surface area contributed by atoms with Crippen LogP contribution in [0.3, 0.4) is 0 Å². The van der Waals surface area contributed by atoms with Crippen LogP contribution in [-0.2, 0) is 16.2 Å². The molecule has 0 bridgehead atoms. The Morgan fingerprint density at radius 1 is 0.917 bits per heavy atom. The molecule has 3 rings (SSSR count). The van der Waals surface area contributed by atoms with E-state index in [0.29, 0.717) is 10.9 Å². The number of pyridine rings is 1. The molecule has 0 radical (unpaired) electrons. The predicted octanol–water partition coefficient (Wildman–Crippen LogP) is 4.05. The van der Waals surface area contributed by atoms with Gasteiger partial charge in [-0.05, 0) is 24.3 Å². The maximum Gasteiger partial charge on any atom is 0.417 e. The second-order valence-corrected chi connectivity index (χ2v) is 6.63. The number of rotatable bonds is 3. The summed E-state index contributed by atoms with van der Waals surface area (Å²) in [5.74, 6) is 0. The standard InChI is InChI=1S/C16H11F3N2O2S/c17-16(18,19)12-7-1-2-9-14(12)24(22,23)21-13-8-3-5-11-6-4-10-20-15(11)13/h1-10,21H. The van der Waals surface area contributed by atoms with Gasteiger partial charge in [0.1, 0.15) is 0 Å². The summed E-state index contributed by atoms with van der Waals surface area (Å²) < 4.78 is 66.3. The molecule has 0 aliphatic rings. The molecule has 0 spiro atoms. The summed E-state index contributed by atoms with van der Waals surface area (Å²) >= 11 is 0. The lowest BCUT2D eigenvalue weighted by atomic mass is 10.2. The summed E-state index contributed by atoms with van der Waals surface area (Å²) in [6, 6.07) is 12.2. The van der Waals surface area contributed by atoms with Crippen LogP contribution in [-0.4, -0.2) is 13.4 Å². The van der Waals surface area contributed by atoms with Crippen molar-refractivity contribution < 1.29 is 21.6 Å². The third-order valence-electron chi connectivity index (χ3n) is 3.36. The molecule has 0 amide bonds. The van der Waals surface area contributed by atoms with Crippen LogP contribution in [0.15, 0.2) is 65.7 Å². The highest BCUT2D eigenvalue weighted by Crippen LogP contribution is 2.35. The Balaban J connectivity index is 2.10. The number of fused-ring (bicyclic) bond motifs is 1. The first kappa shape index (κ1) is 16.3. The van der Waals surface area contributed by atoms with Crippen LogP contribution in [0.1, 0.15) is 5.56 Å². The molecule has 124 valence electrons. The first-order chi connectivity index (χ1) is 11.3. The fraction of sp³-hybridized carbons (Fsp3) is 0.0625. The van der Waals surface area contributed by atoms with E-state index in [1.54, 1.807) is 24.3 Å². The average Bonchev–Trinajstić information content (AvgIpc) is 2.54. The first-order valence-electron chi connectivity index (χ1n) is 6.82. The van der Waals surface area contributed by atoms with Crippen molar-refractivity contribution in [3.63, 3.8) is 0 Å². The highest BCUT2D eigenvalue weighted by atomic mass is 32.2. The molecule has 4 nitrogen and oxygen atoms in total. The number of hydrogen-bond acceptors (Lipinski definition) is 3. The van der Waals surface area contributed by atoms with E-state index in [2.05, 4.69) is 9.71 Å². The van der Waals surface area contributed by atoms with E-state index in [4.69, 9.17) is 0 Å². The number of alkyl halides is 3. The zero-order valence-electron chi connectivity index (χ0n) is 12.1. The second kappa shape index (κ2) is 5.79. The third kappa shape index (κ3) is 3.05. The van der Waals surface area contributed by atoms with Gasteiger partial charge in [-0.1, -0.05) is 30.3 Å². The minimum absolute atomic E-state index is 0.116. The van der Waals surface area contributed by atoms with Crippen molar-refractivity contribution in [2.75, 3.05) is 4.72 Å². The van der Waals surface area contributed by atoms with Crippen molar-refractivity contribution >= 4 is 26.6 Å². The van der Waals surface area contributed by atoms with Gasteiger partial charge in [0.15, 0.2) is 0 Å². The van der Waals surface area contributed by atoms with Gasteiger partial charge >= 0.3 is 6.18 Å². The number of hydrogen-bond donors (Lipinski definition) is 1. The monoisotopic (exact) mass is 352 g/mol. The van der Waals surface area contributed by atoms with Gasteiger partial charge in [-0.3, -0.25) is 9.71 Å². The molecule has 3 aromatic rings. The molecule has 0 saturated carbocycles. The maximum atomic E-state index is 13.1. The molecule has 24 heavy (non-hydrogen) atoms. The predicted molar refractivity (Wildman–Crippen MR) is 84.0 cm³/mol. The molecule has 0 atom stereocenters. The molecule has 1 N–H and O–H groups in total. The molecule has 0 saturated heterocycles. The van der Waals surface area contributed by atoms with Gasteiger partial charge in [0, 0.05) is 11.6 Å². The number of anilines is 1. The van der Waals surface area contributed by atoms with Gasteiger partial charge in [0.05, 0.1) is 21.7 Å². The fourth-order valence-electron chi connectivity index (χ4n) is 2.32. The largest absolute Gasteiger partial charge is 0.417 e. The normalized spacial score (nSPS) is 12.3. The van der Waals surface area contributed by atoms with E-state index in [1.165, 1.54) is 18.3 Å². The Hall–Kier alpha value is -2.61. The van der Waals surface area contributed by atoms with Crippen molar-refractivity contribution in [1.82, 2.24) is 4.98 Å². The third-order valence-corrected chi connectivity index (χ3v) is 4.78. The topological polar surface area (TPSA) is 59.1 Å². The van der Waals surface area contributed by atoms with E-state index >= 15 is 0 Å².